The second-order valence-corrected chi connectivity index (χ2v) is 6.41. The minimum Gasteiger partial charge on any atom is -0.339 e. The number of hydrogen-bond acceptors (Lipinski definition) is 2. The smallest absolute Gasteiger partial charge is 0.255 e. The highest BCUT2D eigenvalue weighted by atomic mass is 35.5. The molecule has 0 aromatic carbocycles. The lowest BCUT2D eigenvalue weighted by Gasteiger charge is -2.24. The first-order valence-electron chi connectivity index (χ1n) is 7.31. The molecule has 4 heteroatoms. The minimum absolute atomic E-state index is 0.0514. The molecule has 0 saturated heterocycles. The molecule has 0 spiro atoms. The zero-order valence-electron chi connectivity index (χ0n) is 12.9. The van der Waals surface area contributed by atoms with Crippen LogP contribution in [0.15, 0.2) is 18.3 Å². The fraction of sp³-hybridized carbons (Fsp3) is 0.625. The van der Waals surface area contributed by atoms with Crippen LogP contribution in [0.5, 0.6) is 0 Å². The number of pyridine rings is 1. The molecule has 1 aromatic heterocycles. The molecule has 3 nitrogen and oxygen atoms in total. The van der Waals surface area contributed by atoms with Crippen LogP contribution in [-0.4, -0.2) is 28.9 Å². The SMILES string of the molecule is CC(C)CCN(CCC(C)C)C(=O)c1ccc(Cl)nc1. The van der Waals surface area contributed by atoms with E-state index in [1.807, 2.05) is 4.90 Å². The molecular formula is C16H25ClN2O. The monoisotopic (exact) mass is 296 g/mol. The number of carbonyl (C=O) groups excluding carboxylic acids is 1. The molecule has 0 saturated carbocycles. The predicted molar refractivity (Wildman–Crippen MR) is 84.1 cm³/mol. The summed E-state index contributed by atoms with van der Waals surface area (Å²) in [5.41, 5.74) is 0.613. The Hall–Kier alpha value is -1.09. The van der Waals surface area contributed by atoms with Crippen molar-refractivity contribution in [2.45, 2.75) is 40.5 Å². The van der Waals surface area contributed by atoms with Crippen molar-refractivity contribution in [1.29, 1.82) is 0 Å². The molecule has 0 aliphatic carbocycles. The van der Waals surface area contributed by atoms with Gasteiger partial charge >= 0.3 is 0 Å². The molecule has 112 valence electrons. The van der Waals surface area contributed by atoms with Gasteiger partial charge in [-0.15, -0.1) is 0 Å². The predicted octanol–water partition coefficient (Wildman–Crippen LogP) is 4.27. The van der Waals surface area contributed by atoms with E-state index in [0.29, 0.717) is 22.6 Å². The quantitative estimate of drug-likeness (QED) is 0.704. The van der Waals surface area contributed by atoms with E-state index in [1.165, 1.54) is 0 Å². The van der Waals surface area contributed by atoms with Crippen LogP contribution in [0.1, 0.15) is 50.9 Å². The average molecular weight is 297 g/mol. The Morgan fingerprint density at radius 1 is 1.15 bits per heavy atom. The van der Waals surface area contributed by atoms with Gasteiger partial charge in [0.25, 0.3) is 5.91 Å². The van der Waals surface area contributed by atoms with E-state index < -0.39 is 0 Å². The van der Waals surface area contributed by atoms with Crippen molar-refractivity contribution < 1.29 is 4.79 Å². The van der Waals surface area contributed by atoms with Gasteiger partial charge in [-0.25, -0.2) is 4.98 Å². The van der Waals surface area contributed by atoms with E-state index in [-0.39, 0.29) is 5.91 Å². The van der Waals surface area contributed by atoms with Gasteiger partial charge in [-0.05, 0) is 36.8 Å². The van der Waals surface area contributed by atoms with Crippen LogP contribution in [0.2, 0.25) is 5.15 Å². The number of halogens is 1. The minimum atomic E-state index is 0.0514. The third kappa shape index (κ3) is 5.91. The Morgan fingerprint density at radius 2 is 1.70 bits per heavy atom. The van der Waals surface area contributed by atoms with E-state index in [4.69, 9.17) is 11.6 Å². The normalized spacial score (nSPS) is 11.2. The highest BCUT2D eigenvalue weighted by Gasteiger charge is 2.16. The summed E-state index contributed by atoms with van der Waals surface area (Å²) in [4.78, 5) is 18.5. The largest absolute Gasteiger partial charge is 0.339 e. The van der Waals surface area contributed by atoms with Crippen LogP contribution in [0.4, 0.5) is 0 Å². The van der Waals surface area contributed by atoms with Crippen LogP contribution >= 0.6 is 11.6 Å². The molecule has 1 aromatic rings. The van der Waals surface area contributed by atoms with Crippen molar-refractivity contribution in [2.75, 3.05) is 13.1 Å². The summed E-state index contributed by atoms with van der Waals surface area (Å²) in [5, 5.41) is 0.414. The molecule has 0 unspecified atom stereocenters. The molecule has 0 bridgehead atoms. The first kappa shape index (κ1) is 17.0. The molecule has 1 amide bonds. The van der Waals surface area contributed by atoms with E-state index in [1.54, 1.807) is 18.3 Å². The van der Waals surface area contributed by atoms with Gasteiger partial charge in [-0.3, -0.25) is 4.79 Å². The molecule has 20 heavy (non-hydrogen) atoms. The first-order valence-corrected chi connectivity index (χ1v) is 7.68. The number of carbonyl (C=O) groups is 1. The third-order valence-corrected chi connectivity index (χ3v) is 3.44. The molecule has 0 atom stereocenters. The number of amides is 1. The number of hydrogen-bond donors (Lipinski definition) is 0. The summed E-state index contributed by atoms with van der Waals surface area (Å²) in [7, 11) is 0. The van der Waals surface area contributed by atoms with Gasteiger partial charge in [-0.1, -0.05) is 39.3 Å². The fourth-order valence-corrected chi connectivity index (χ4v) is 1.94. The van der Waals surface area contributed by atoms with Crippen molar-refractivity contribution in [3.05, 3.63) is 29.0 Å². The summed E-state index contributed by atoms with van der Waals surface area (Å²) in [5.74, 6) is 1.23. The van der Waals surface area contributed by atoms with Crippen molar-refractivity contribution in [1.82, 2.24) is 9.88 Å². The molecular weight excluding hydrogens is 272 g/mol. The Morgan fingerprint density at radius 3 is 2.10 bits per heavy atom. The highest BCUT2D eigenvalue weighted by molar-refractivity contribution is 6.29. The lowest BCUT2D eigenvalue weighted by molar-refractivity contribution is 0.0740. The average Bonchev–Trinajstić information content (AvgIpc) is 2.38. The summed E-state index contributed by atoms with van der Waals surface area (Å²) in [6, 6.07) is 3.41. The highest BCUT2D eigenvalue weighted by Crippen LogP contribution is 2.12. The second kappa shape index (κ2) is 8.25. The summed E-state index contributed by atoms with van der Waals surface area (Å²) < 4.78 is 0. The molecule has 0 aliphatic rings. The zero-order valence-corrected chi connectivity index (χ0v) is 13.7. The van der Waals surface area contributed by atoms with Gasteiger partial charge in [0.1, 0.15) is 5.15 Å². The van der Waals surface area contributed by atoms with Crippen LogP contribution in [0, 0.1) is 11.8 Å². The maximum absolute atomic E-state index is 12.5. The second-order valence-electron chi connectivity index (χ2n) is 6.03. The lowest BCUT2D eigenvalue weighted by atomic mass is 10.1. The van der Waals surface area contributed by atoms with Gasteiger partial charge in [0.2, 0.25) is 0 Å². The Bertz CT molecular complexity index is 403. The number of rotatable bonds is 7. The summed E-state index contributed by atoms with van der Waals surface area (Å²) in [6.45, 7) is 10.3. The maximum atomic E-state index is 12.5. The Kier molecular flexibility index (Phi) is 7.00. The number of aromatic nitrogens is 1. The van der Waals surface area contributed by atoms with Crippen LogP contribution in [0.25, 0.3) is 0 Å². The van der Waals surface area contributed by atoms with Crippen LogP contribution < -0.4 is 0 Å². The third-order valence-electron chi connectivity index (χ3n) is 3.21. The lowest BCUT2D eigenvalue weighted by Crippen LogP contribution is -2.34. The van der Waals surface area contributed by atoms with Gasteiger partial charge in [0, 0.05) is 19.3 Å². The summed E-state index contributed by atoms with van der Waals surface area (Å²) >= 11 is 5.77. The molecule has 0 fully saturated rings. The van der Waals surface area contributed by atoms with E-state index in [2.05, 4.69) is 32.7 Å². The van der Waals surface area contributed by atoms with Gasteiger partial charge in [0.05, 0.1) is 5.56 Å². The van der Waals surface area contributed by atoms with E-state index in [9.17, 15) is 4.79 Å². The molecule has 0 N–H and O–H groups in total. The zero-order chi connectivity index (χ0) is 15.1. The van der Waals surface area contributed by atoms with Crippen molar-refractivity contribution >= 4 is 17.5 Å². The standard InChI is InChI=1S/C16H25ClN2O/c1-12(2)7-9-19(10-8-13(3)4)16(20)14-5-6-15(17)18-11-14/h5-6,11-13H,7-10H2,1-4H3. The van der Waals surface area contributed by atoms with Gasteiger partial charge in [0.15, 0.2) is 0 Å². The molecule has 1 heterocycles. The molecule has 0 radical (unpaired) electrons. The van der Waals surface area contributed by atoms with Gasteiger partial charge < -0.3 is 4.90 Å². The first-order chi connectivity index (χ1) is 9.40. The topological polar surface area (TPSA) is 33.2 Å². The fourth-order valence-electron chi connectivity index (χ4n) is 1.83. The molecule has 1 rings (SSSR count). The Balaban J connectivity index is 2.74. The summed E-state index contributed by atoms with van der Waals surface area (Å²) in [6.07, 6.45) is 3.60. The maximum Gasteiger partial charge on any atom is 0.255 e. The van der Waals surface area contributed by atoms with Gasteiger partial charge in [-0.2, -0.15) is 0 Å². The van der Waals surface area contributed by atoms with E-state index in [0.717, 1.165) is 25.9 Å². The van der Waals surface area contributed by atoms with Crippen molar-refractivity contribution in [3.8, 4) is 0 Å². The Labute approximate surface area is 127 Å². The van der Waals surface area contributed by atoms with Crippen molar-refractivity contribution in [3.63, 3.8) is 0 Å². The van der Waals surface area contributed by atoms with Crippen LogP contribution in [0.3, 0.4) is 0 Å². The number of nitrogens with zero attached hydrogens (tertiary/aromatic N) is 2. The van der Waals surface area contributed by atoms with E-state index >= 15 is 0 Å². The van der Waals surface area contributed by atoms with Crippen LogP contribution in [-0.2, 0) is 0 Å². The van der Waals surface area contributed by atoms with Crippen molar-refractivity contribution in [2.24, 2.45) is 11.8 Å². The molecule has 0 aliphatic heterocycles.